The quantitative estimate of drug-likeness (QED) is 0.0321. The summed E-state index contributed by atoms with van der Waals surface area (Å²) in [6, 6.07) is -0.537. The highest BCUT2D eigenvalue weighted by atomic mass is 16.5. The molecule has 6 heteroatoms. The number of allylic oxidation sites excluding steroid dienone is 4. The number of aliphatic hydroxyl groups is 2. The molecule has 1 amide bonds. The topological polar surface area (TPSA) is 95.9 Å². The first kappa shape index (κ1) is 67.3. The lowest BCUT2D eigenvalue weighted by Gasteiger charge is -2.22. The van der Waals surface area contributed by atoms with E-state index in [2.05, 4.69) is 43.5 Å². The van der Waals surface area contributed by atoms with Crippen LogP contribution >= 0.6 is 0 Å². The lowest BCUT2D eigenvalue weighted by atomic mass is 10.0. The number of aliphatic hydroxyl groups excluding tert-OH is 2. The van der Waals surface area contributed by atoms with Gasteiger partial charge in [-0.3, -0.25) is 9.59 Å². The molecule has 0 bridgehead atoms. The third-order valence-corrected chi connectivity index (χ3v) is 14.5. The van der Waals surface area contributed by atoms with Crippen molar-refractivity contribution in [1.29, 1.82) is 0 Å². The fourth-order valence-corrected chi connectivity index (χ4v) is 9.69. The summed E-state index contributed by atoms with van der Waals surface area (Å²) in [7, 11) is 0. The van der Waals surface area contributed by atoms with Crippen LogP contribution in [0.1, 0.15) is 341 Å². The third kappa shape index (κ3) is 55.5. The van der Waals surface area contributed by atoms with Gasteiger partial charge in [0, 0.05) is 12.8 Å². The number of hydrogen-bond acceptors (Lipinski definition) is 5. The first-order valence-corrected chi connectivity index (χ1v) is 31.1. The molecule has 0 aliphatic rings. The summed E-state index contributed by atoms with van der Waals surface area (Å²) >= 11 is 0. The van der Waals surface area contributed by atoms with E-state index >= 15 is 0 Å². The Kier molecular flexibility index (Phi) is 57.5. The maximum absolute atomic E-state index is 12.4. The Hall–Kier alpha value is -1.66. The van der Waals surface area contributed by atoms with Crippen LogP contribution in [-0.4, -0.2) is 47.4 Å². The second-order valence-corrected chi connectivity index (χ2v) is 21.4. The van der Waals surface area contributed by atoms with Crippen molar-refractivity contribution >= 4 is 11.9 Å². The number of amides is 1. The van der Waals surface area contributed by atoms with E-state index in [9.17, 15) is 19.8 Å². The fraction of sp³-hybridized carbons (Fsp3) is 0.905. The molecule has 0 aliphatic carbocycles. The monoisotopic (exact) mass is 972 g/mol. The second kappa shape index (κ2) is 58.9. The number of ether oxygens (including phenoxy) is 1. The molecule has 0 saturated heterocycles. The van der Waals surface area contributed by atoms with Crippen molar-refractivity contribution in [3.8, 4) is 0 Å². The summed E-state index contributed by atoms with van der Waals surface area (Å²) in [5, 5.41) is 23.1. The van der Waals surface area contributed by atoms with Gasteiger partial charge >= 0.3 is 5.97 Å². The molecule has 0 rings (SSSR count). The Balaban J connectivity index is 3.33. The zero-order chi connectivity index (χ0) is 50.0. The highest BCUT2D eigenvalue weighted by molar-refractivity contribution is 5.76. The highest BCUT2D eigenvalue weighted by Gasteiger charge is 2.20. The predicted molar refractivity (Wildman–Crippen MR) is 301 cm³/mol. The Bertz CT molecular complexity index is 1080. The fourth-order valence-electron chi connectivity index (χ4n) is 9.69. The van der Waals surface area contributed by atoms with Gasteiger partial charge in [-0.2, -0.15) is 0 Å². The molecule has 0 aliphatic heterocycles. The van der Waals surface area contributed by atoms with Gasteiger partial charge in [-0.1, -0.05) is 276 Å². The van der Waals surface area contributed by atoms with E-state index in [-0.39, 0.29) is 18.5 Å². The van der Waals surface area contributed by atoms with Gasteiger partial charge in [0.15, 0.2) is 0 Å². The number of hydrogen-bond donors (Lipinski definition) is 3. The van der Waals surface area contributed by atoms with Crippen LogP contribution in [0.3, 0.4) is 0 Å². The van der Waals surface area contributed by atoms with E-state index in [1.807, 2.05) is 0 Å². The number of carbonyl (C=O) groups is 2. The number of carbonyl (C=O) groups excluding carboxylic acids is 2. The molecule has 0 heterocycles. The molecule has 2 atom stereocenters. The first-order chi connectivity index (χ1) is 34.0. The predicted octanol–water partition coefficient (Wildman–Crippen LogP) is 19.4. The second-order valence-electron chi connectivity index (χ2n) is 21.4. The van der Waals surface area contributed by atoms with E-state index in [1.165, 1.54) is 263 Å². The summed E-state index contributed by atoms with van der Waals surface area (Å²) < 4.78 is 5.47. The van der Waals surface area contributed by atoms with Crippen LogP contribution in [0, 0.1) is 0 Å². The molecule has 6 nitrogen and oxygen atoms in total. The van der Waals surface area contributed by atoms with E-state index in [4.69, 9.17) is 4.74 Å². The summed E-state index contributed by atoms with van der Waals surface area (Å²) in [6.07, 6.45) is 72.1. The summed E-state index contributed by atoms with van der Waals surface area (Å²) in [5.74, 6) is -0.0267. The normalized spacial score (nSPS) is 12.7. The standard InChI is InChI=1S/C63H121NO5/c1-3-5-7-9-11-13-14-37-41-45-49-53-57-63(68)69-58-54-50-46-42-38-35-33-31-29-27-25-23-21-19-17-15-16-18-20-22-24-26-28-30-32-34-36-40-44-48-52-56-62(67)64-60(59-65)61(66)55-51-47-43-39-12-10-8-6-4-2/h11,13,17,19,60-61,65-66H,3-10,12,14-16,18,20-59H2,1-2H3,(H,64,67)/b13-11-,19-17-. The van der Waals surface area contributed by atoms with Crippen LogP contribution in [-0.2, 0) is 14.3 Å². The molecule has 0 aromatic rings. The van der Waals surface area contributed by atoms with Gasteiger partial charge in [0.2, 0.25) is 5.91 Å². The molecule has 0 aromatic heterocycles. The van der Waals surface area contributed by atoms with Crippen molar-refractivity contribution in [2.45, 2.75) is 353 Å². The largest absolute Gasteiger partial charge is 0.466 e. The zero-order valence-corrected chi connectivity index (χ0v) is 46.6. The van der Waals surface area contributed by atoms with Crippen LogP contribution in [0.5, 0.6) is 0 Å². The van der Waals surface area contributed by atoms with Gasteiger partial charge in [-0.25, -0.2) is 0 Å². The average molecular weight is 973 g/mol. The van der Waals surface area contributed by atoms with Gasteiger partial charge in [-0.05, 0) is 77.0 Å². The molecular weight excluding hydrogens is 851 g/mol. The molecule has 69 heavy (non-hydrogen) atoms. The van der Waals surface area contributed by atoms with E-state index < -0.39 is 12.1 Å². The van der Waals surface area contributed by atoms with Gasteiger partial charge < -0.3 is 20.3 Å². The van der Waals surface area contributed by atoms with Crippen molar-refractivity contribution in [2.75, 3.05) is 13.2 Å². The van der Waals surface area contributed by atoms with Gasteiger partial charge in [0.25, 0.3) is 0 Å². The number of esters is 1. The lowest BCUT2D eigenvalue weighted by Crippen LogP contribution is -2.45. The molecule has 0 saturated carbocycles. The van der Waals surface area contributed by atoms with Crippen LogP contribution in [0.15, 0.2) is 24.3 Å². The molecule has 0 radical (unpaired) electrons. The number of nitrogens with one attached hydrogen (secondary N) is 1. The molecule has 408 valence electrons. The molecule has 0 spiro atoms. The minimum Gasteiger partial charge on any atom is -0.466 e. The molecule has 3 N–H and O–H groups in total. The van der Waals surface area contributed by atoms with E-state index in [0.717, 1.165) is 44.9 Å². The average Bonchev–Trinajstić information content (AvgIpc) is 3.35. The minimum atomic E-state index is -0.660. The zero-order valence-electron chi connectivity index (χ0n) is 46.6. The van der Waals surface area contributed by atoms with Crippen molar-refractivity contribution in [2.24, 2.45) is 0 Å². The highest BCUT2D eigenvalue weighted by Crippen LogP contribution is 2.17. The molecule has 2 unspecified atom stereocenters. The van der Waals surface area contributed by atoms with Crippen LogP contribution < -0.4 is 5.32 Å². The minimum absolute atomic E-state index is 0.00756. The van der Waals surface area contributed by atoms with Crippen LogP contribution in [0.2, 0.25) is 0 Å². The summed E-state index contributed by atoms with van der Waals surface area (Å²) in [4.78, 5) is 24.4. The van der Waals surface area contributed by atoms with Crippen molar-refractivity contribution in [3.05, 3.63) is 24.3 Å². The Morgan fingerprint density at radius 3 is 1.06 bits per heavy atom. The van der Waals surface area contributed by atoms with Crippen LogP contribution in [0.4, 0.5) is 0 Å². The van der Waals surface area contributed by atoms with Crippen LogP contribution in [0.25, 0.3) is 0 Å². The van der Waals surface area contributed by atoms with Gasteiger partial charge in [0.1, 0.15) is 0 Å². The van der Waals surface area contributed by atoms with Gasteiger partial charge in [-0.15, -0.1) is 0 Å². The number of unbranched alkanes of at least 4 members (excludes halogenated alkanes) is 43. The van der Waals surface area contributed by atoms with E-state index in [0.29, 0.717) is 25.9 Å². The maximum atomic E-state index is 12.4. The molecular formula is C63H121NO5. The Labute approximate surface area is 431 Å². The SMILES string of the molecule is CCCCC/C=C\CCCCCCCC(=O)OCCCCCCCCCCCCCC/C=C\CCCCCCCCCCCCCCCCCC(=O)NC(CO)C(O)CCCCCCCCCCC. The lowest BCUT2D eigenvalue weighted by molar-refractivity contribution is -0.143. The van der Waals surface area contributed by atoms with Crippen molar-refractivity contribution in [3.63, 3.8) is 0 Å². The summed E-state index contributed by atoms with van der Waals surface area (Å²) in [6.45, 7) is 4.92. The molecule has 0 fully saturated rings. The Morgan fingerprint density at radius 1 is 0.391 bits per heavy atom. The van der Waals surface area contributed by atoms with Gasteiger partial charge in [0.05, 0.1) is 25.4 Å². The van der Waals surface area contributed by atoms with Crippen molar-refractivity contribution < 1.29 is 24.5 Å². The van der Waals surface area contributed by atoms with Crippen molar-refractivity contribution in [1.82, 2.24) is 5.32 Å². The third-order valence-electron chi connectivity index (χ3n) is 14.5. The Morgan fingerprint density at radius 2 is 0.681 bits per heavy atom. The first-order valence-electron chi connectivity index (χ1n) is 31.1. The molecule has 0 aromatic carbocycles. The van der Waals surface area contributed by atoms with E-state index in [1.54, 1.807) is 0 Å². The number of rotatable bonds is 58. The summed E-state index contributed by atoms with van der Waals surface area (Å²) in [5.41, 5.74) is 0. The smallest absolute Gasteiger partial charge is 0.305 e. The maximum Gasteiger partial charge on any atom is 0.305 e.